The molecule has 2 aromatic carbocycles. The predicted octanol–water partition coefficient (Wildman–Crippen LogP) is 2.96. The Bertz CT molecular complexity index is 672. The quantitative estimate of drug-likeness (QED) is 0.871. The molecule has 0 aliphatic rings. The number of halogens is 1. The van der Waals surface area contributed by atoms with Gasteiger partial charge in [-0.25, -0.2) is 4.39 Å². The van der Waals surface area contributed by atoms with Crippen LogP contribution in [0.3, 0.4) is 0 Å². The van der Waals surface area contributed by atoms with E-state index in [1.807, 2.05) is 18.2 Å². The van der Waals surface area contributed by atoms with E-state index >= 15 is 0 Å². The molecule has 1 N–H and O–H groups in total. The number of fused-ring (bicyclic) bond motifs is 1. The van der Waals surface area contributed by atoms with Crippen LogP contribution in [-0.4, -0.2) is 18.0 Å². The standard InChI is InChI=1S/C13H13FO3S/c1-13(14,18(15,16)17)9-11-7-4-6-10-5-2-3-8-12(10)11/h2-8H,9H2,1H3,(H,15,16,17). The molecule has 2 aromatic rings. The van der Waals surface area contributed by atoms with Crippen LogP contribution in [0.4, 0.5) is 4.39 Å². The molecule has 0 radical (unpaired) electrons. The molecular formula is C13H13FO3S. The minimum absolute atomic E-state index is 0.382. The van der Waals surface area contributed by atoms with Crippen LogP contribution in [0, 0.1) is 0 Å². The fraction of sp³-hybridized carbons (Fsp3) is 0.231. The lowest BCUT2D eigenvalue weighted by Crippen LogP contribution is -2.32. The van der Waals surface area contributed by atoms with Crippen LogP contribution >= 0.6 is 0 Å². The second-order valence-corrected chi connectivity index (χ2v) is 6.19. The third-order valence-corrected chi connectivity index (χ3v) is 4.14. The Hall–Kier alpha value is -1.46. The van der Waals surface area contributed by atoms with Crippen molar-refractivity contribution in [3.05, 3.63) is 48.0 Å². The highest BCUT2D eigenvalue weighted by molar-refractivity contribution is 7.87. The third-order valence-electron chi connectivity index (χ3n) is 2.92. The molecule has 0 heterocycles. The van der Waals surface area contributed by atoms with E-state index in [1.54, 1.807) is 24.3 Å². The van der Waals surface area contributed by atoms with Crippen LogP contribution in [-0.2, 0) is 16.5 Å². The van der Waals surface area contributed by atoms with E-state index in [2.05, 4.69) is 0 Å². The van der Waals surface area contributed by atoms with Gasteiger partial charge in [-0.3, -0.25) is 4.55 Å². The highest BCUT2D eigenvalue weighted by Crippen LogP contribution is 2.27. The van der Waals surface area contributed by atoms with Crippen LogP contribution < -0.4 is 0 Å². The van der Waals surface area contributed by atoms with Crippen molar-refractivity contribution in [3.63, 3.8) is 0 Å². The smallest absolute Gasteiger partial charge is 0.283 e. The summed E-state index contributed by atoms with van der Waals surface area (Å²) < 4.78 is 44.8. The van der Waals surface area contributed by atoms with Crippen LogP contribution in [0.2, 0.25) is 0 Å². The maximum Gasteiger partial charge on any atom is 0.300 e. The molecule has 18 heavy (non-hydrogen) atoms. The van der Waals surface area contributed by atoms with Gasteiger partial charge in [0.05, 0.1) is 0 Å². The molecule has 3 nitrogen and oxygen atoms in total. The second-order valence-electron chi connectivity index (χ2n) is 4.39. The molecule has 0 aliphatic carbocycles. The van der Waals surface area contributed by atoms with E-state index in [1.165, 1.54) is 0 Å². The number of hydrogen-bond acceptors (Lipinski definition) is 2. The molecule has 0 amide bonds. The van der Waals surface area contributed by atoms with Crippen molar-refractivity contribution in [2.75, 3.05) is 0 Å². The van der Waals surface area contributed by atoms with Gasteiger partial charge < -0.3 is 0 Å². The van der Waals surface area contributed by atoms with E-state index < -0.39 is 15.1 Å². The van der Waals surface area contributed by atoms with Crippen LogP contribution in [0.25, 0.3) is 10.8 Å². The van der Waals surface area contributed by atoms with Crippen molar-refractivity contribution >= 4 is 20.9 Å². The first kappa shape index (κ1) is 13.0. The van der Waals surface area contributed by atoms with Crippen molar-refractivity contribution < 1.29 is 17.4 Å². The van der Waals surface area contributed by atoms with Gasteiger partial charge in [-0.15, -0.1) is 0 Å². The summed E-state index contributed by atoms with van der Waals surface area (Å²) >= 11 is 0. The SMILES string of the molecule is CC(F)(Cc1cccc2ccccc12)S(=O)(=O)O. The lowest BCUT2D eigenvalue weighted by atomic mass is 10.0. The summed E-state index contributed by atoms with van der Waals surface area (Å²) in [6, 6.07) is 12.6. The van der Waals surface area contributed by atoms with Crippen LogP contribution in [0.15, 0.2) is 42.5 Å². The van der Waals surface area contributed by atoms with Crippen LogP contribution in [0.5, 0.6) is 0 Å². The third kappa shape index (κ3) is 2.37. The van der Waals surface area contributed by atoms with E-state index in [4.69, 9.17) is 4.55 Å². The van der Waals surface area contributed by atoms with Gasteiger partial charge in [-0.2, -0.15) is 8.42 Å². The maximum atomic E-state index is 14.0. The average Bonchev–Trinajstić information content (AvgIpc) is 2.27. The molecular weight excluding hydrogens is 255 g/mol. The fourth-order valence-corrected chi connectivity index (χ4v) is 2.22. The number of hydrogen-bond donors (Lipinski definition) is 1. The summed E-state index contributed by atoms with van der Waals surface area (Å²) in [6.45, 7) is 0.865. The van der Waals surface area contributed by atoms with Gasteiger partial charge in [-0.05, 0) is 23.3 Å². The Morgan fingerprint density at radius 1 is 1.17 bits per heavy atom. The molecule has 0 bridgehead atoms. The van der Waals surface area contributed by atoms with Gasteiger partial charge in [0, 0.05) is 6.42 Å². The highest BCUT2D eigenvalue weighted by Gasteiger charge is 2.38. The van der Waals surface area contributed by atoms with Crippen molar-refractivity contribution in [3.8, 4) is 0 Å². The van der Waals surface area contributed by atoms with Gasteiger partial charge in [0.2, 0.25) is 5.00 Å². The van der Waals surface area contributed by atoms with Crippen molar-refractivity contribution in [2.45, 2.75) is 18.3 Å². The lowest BCUT2D eigenvalue weighted by molar-refractivity contribution is 0.266. The maximum absolute atomic E-state index is 14.0. The first-order chi connectivity index (χ1) is 8.31. The topological polar surface area (TPSA) is 54.4 Å². The molecule has 0 aromatic heterocycles. The van der Waals surface area contributed by atoms with E-state index in [0.29, 0.717) is 5.56 Å². The lowest BCUT2D eigenvalue weighted by Gasteiger charge is -2.17. The summed E-state index contributed by atoms with van der Waals surface area (Å²) in [6.07, 6.45) is -0.382. The van der Waals surface area contributed by atoms with Gasteiger partial charge in [0.1, 0.15) is 0 Å². The minimum atomic E-state index is -4.74. The predicted molar refractivity (Wildman–Crippen MR) is 68.7 cm³/mol. The largest absolute Gasteiger partial charge is 0.300 e. The van der Waals surface area contributed by atoms with Gasteiger partial charge in [0.15, 0.2) is 0 Å². The Morgan fingerprint density at radius 3 is 2.44 bits per heavy atom. The fourth-order valence-electron chi connectivity index (χ4n) is 1.88. The van der Waals surface area contributed by atoms with E-state index in [-0.39, 0.29) is 6.42 Å². The summed E-state index contributed by atoms with van der Waals surface area (Å²) in [5, 5.41) is -0.995. The van der Waals surface area contributed by atoms with E-state index in [0.717, 1.165) is 17.7 Å². The van der Waals surface area contributed by atoms with Crippen LogP contribution in [0.1, 0.15) is 12.5 Å². The van der Waals surface area contributed by atoms with Crippen molar-refractivity contribution in [1.29, 1.82) is 0 Å². The monoisotopic (exact) mass is 268 g/mol. The number of rotatable bonds is 3. The van der Waals surface area contributed by atoms with Gasteiger partial charge in [-0.1, -0.05) is 42.5 Å². The molecule has 0 saturated heterocycles. The van der Waals surface area contributed by atoms with Gasteiger partial charge in [0.25, 0.3) is 10.1 Å². The zero-order valence-electron chi connectivity index (χ0n) is 9.80. The minimum Gasteiger partial charge on any atom is -0.283 e. The number of benzene rings is 2. The summed E-state index contributed by atoms with van der Waals surface area (Å²) in [4.78, 5) is 0. The molecule has 0 saturated carbocycles. The second kappa shape index (κ2) is 4.33. The number of alkyl halides is 1. The molecule has 1 atom stereocenters. The van der Waals surface area contributed by atoms with Crippen molar-refractivity contribution in [1.82, 2.24) is 0 Å². The molecule has 0 aliphatic heterocycles. The average molecular weight is 268 g/mol. The Kier molecular flexibility index (Phi) is 3.12. The zero-order chi connectivity index (χ0) is 13.4. The molecule has 2 rings (SSSR count). The molecule has 0 fully saturated rings. The Morgan fingerprint density at radius 2 is 1.78 bits per heavy atom. The molecule has 96 valence electrons. The zero-order valence-corrected chi connectivity index (χ0v) is 10.6. The normalized spacial score (nSPS) is 15.5. The van der Waals surface area contributed by atoms with Gasteiger partial charge >= 0.3 is 0 Å². The summed E-state index contributed by atoms with van der Waals surface area (Å²) in [5.41, 5.74) is 0.552. The first-order valence-electron chi connectivity index (χ1n) is 5.44. The first-order valence-corrected chi connectivity index (χ1v) is 6.88. The molecule has 0 spiro atoms. The Labute approximate surface area is 105 Å². The molecule has 5 heteroatoms. The van der Waals surface area contributed by atoms with E-state index in [9.17, 15) is 12.8 Å². The highest BCUT2D eigenvalue weighted by atomic mass is 32.2. The summed E-state index contributed by atoms with van der Waals surface area (Å²) in [5.74, 6) is 0. The Balaban J connectivity index is 2.51. The molecule has 1 unspecified atom stereocenters. The van der Waals surface area contributed by atoms with Crippen molar-refractivity contribution in [2.24, 2.45) is 0 Å². The summed E-state index contributed by atoms with van der Waals surface area (Å²) in [7, 11) is -4.74.